The van der Waals surface area contributed by atoms with Gasteiger partial charge in [0.25, 0.3) is 0 Å². The SMILES string of the molecule is CC(C)[C@H](NCC(=O)Cl)C(=O)O. The molecule has 0 aromatic heterocycles. The van der Waals surface area contributed by atoms with E-state index in [9.17, 15) is 9.59 Å². The lowest BCUT2D eigenvalue weighted by Crippen LogP contribution is -2.42. The second kappa shape index (κ2) is 5.11. The second-order valence-electron chi connectivity index (χ2n) is 2.80. The van der Waals surface area contributed by atoms with E-state index in [1.165, 1.54) is 0 Å². The van der Waals surface area contributed by atoms with Crippen LogP contribution in [0.15, 0.2) is 0 Å². The normalized spacial score (nSPS) is 13.0. The molecule has 70 valence electrons. The molecule has 1 atom stereocenters. The van der Waals surface area contributed by atoms with Crippen LogP contribution in [-0.4, -0.2) is 28.9 Å². The summed E-state index contributed by atoms with van der Waals surface area (Å²) in [5.74, 6) is -1.04. The Morgan fingerprint density at radius 2 is 2.00 bits per heavy atom. The molecule has 0 rings (SSSR count). The molecule has 12 heavy (non-hydrogen) atoms. The van der Waals surface area contributed by atoms with E-state index in [-0.39, 0.29) is 12.5 Å². The maximum Gasteiger partial charge on any atom is 0.320 e. The molecular formula is C7H12ClNO3. The molecule has 0 aromatic carbocycles. The Morgan fingerprint density at radius 1 is 1.50 bits per heavy atom. The van der Waals surface area contributed by atoms with E-state index < -0.39 is 17.3 Å². The first-order valence-electron chi connectivity index (χ1n) is 3.59. The quantitative estimate of drug-likeness (QED) is 0.623. The van der Waals surface area contributed by atoms with Gasteiger partial charge in [0, 0.05) is 0 Å². The number of hydrogen-bond donors (Lipinski definition) is 2. The highest BCUT2D eigenvalue weighted by molar-refractivity contribution is 6.64. The van der Waals surface area contributed by atoms with Crippen LogP contribution in [0.2, 0.25) is 0 Å². The van der Waals surface area contributed by atoms with E-state index in [1.807, 2.05) is 0 Å². The number of aliphatic carboxylic acids is 1. The molecule has 0 bridgehead atoms. The molecule has 2 N–H and O–H groups in total. The number of carboxylic acids is 1. The number of nitrogens with one attached hydrogen (secondary N) is 1. The average molecular weight is 194 g/mol. The number of carbonyl (C=O) groups is 2. The molecule has 5 heteroatoms. The molecule has 0 fully saturated rings. The molecule has 0 heterocycles. The lowest BCUT2D eigenvalue weighted by molar-refractivity contribution is -0.140. The van der Waals surface area contributed by atoms with Crippen molar-refractivity contribution in [3.05, 3.63) is 0 Å². The van der Waals surface area contributed by atoms with E-state index >= 15 is 0 Å². The van der Waals surface area contributed by atoms with Gasteiger partial charge in [0.15, 0.2) is 0 Å². The van der Waals surface area contributed by atoms with Crippen LogP contribution in [0.25, 0.3) is 0 Å². The van der Waals surface area contributed by atoms with Gasteiger partial charge in [0.05, 0.1) is 6.54 Å². The van der Waals surface area contributed by atoms with Gasteiger partial charge in [-0.3, -0.25) is 14.9 Å². The highest BCUT2D eigenvalue weighted by atomic mass is 35.5. The number of halogens is 1. The monoisotopic (exact) mass is 193 g/mol. The topological polar surface area (TPSA) is 66.4 Å². The molecule has 0 aliphatic heterocycles. The summed E-state index contributed by atoms with van der Waals surface area (Å²) in [4.78, 5) is 20.8. The number of rotatable bonds is 5. The zero-order valence-corrected chi connectivity index (χ0v) is 7.76. The lowest BCUT2D eigenvalue weighted by Gasteiger charge is -2.16. The van der Waals surface area contributed by atoms with Crippen molar-refractivity contribution >= 4 is 22.8 Å². The summed E-state index contributed by atoms with van der Waals surface area (Å²) in [7, 11) is 0. The summed E-state index contributed by atoms with van der Waals surface area (Å²) in [6.07, 6.45) is 0. The summed E-state index contributed by atoms with van der Waals surface area (Å²) in [5, 5.41) is 10.6. The molecule has 0 saturated carbocycles. The van der Waals surface area contributed by atoms with E-state index in [4.69, 9.17) is 16.7 Å². The van der Waals surface area contributed by atoms with Gasteiger partial charge < -0.3 is 5.11 Å². The summed E-state index contributed by atoms with van der Waals surface area (Å²) in [6.45, 7) is 3.39. The zero-order chi connectivity index (χ0) is 9.72. The predicted octanol–water partition coefficient (Wildman–Crippen LogP) is 0.451. The van der Waals surface area contributed by atoms with Crippen molar-refractivity contribution in [1.29, 1.82) is 0 Å². The Kier molecular flexibility index (Phi) is 4.85. The zero-order valence-electron chi connectivity index (χ0n) is 7.00. The first-order chi connectivity index (χ1) is 5.45. The Hall–Kier alpha value is -0.610. The molecule has 0 aliphatic rings. The van der Waals surface area contributed by atoms with Crippen LogP contribution in [0, 0.1) is 5.92 Å². The van der Waals surface area contributed by atoms with Crippen molar-refractivity contribution in [3.63, 3.8) is 0 Å². The first-order valence-corrected chi connectivity index (χ1v) is 3.97. The number of carbonyl (C=O) groups excluding carboxylic acids is 1. The fraction of sp³-hybridized carbons (Fsp3) is 0.714. The van der Waals surface area contributed by atoms with Crippen molar-refractivity contribution in [3.8, 4) is 0 Å². The predicted molar refractivity (Wildman–Crippen MR) is 45.1 cm³/mol. The van der Waals surface area contributed by atoms with Crippen LogP contribution in [0.5, 0.6) is 0 Å². The van der Waals surface area contributed by atoms with E-state index in [1.54, 1.807) is 13.8 Å². The van der Waals surface area contributed by atoms with Gasteiger partial charge in [-0.2, -0.15) is 0 Å². The van der Waals surface area contributed by atoms with Crippen LogP contribution < -0.4 is 5.32 Å². The van der Waals surface area contributed by atoms with Crippen LogP contribution in [0.1, 0.15) is 13.8 Å². The van der Waals surface area contributed by atoms with Crippen molar-refractivity contribution in [2.24, 2.45) is 5.92 Å². The molecule has 0 unspecified atom stereocenters. The van der Waals surface area contributed by atoms with Crippen LogP contribution in [-0.2, 0) is 9.59 Å². The second-order valence-corrected chi connectivity index (χ2v) is 3.22. The summed E-state index contributed by atoms with van der Waals surface area (Å²) in [5.41, 5.74) is 0. The summed E-state index contributed by atoms with van der Waals surface area (Å²) >= 11 is 5.04. The van der Waals surface area contributed by atoms with Crippen LogP contribution >= 0.6 is 11.6 Å². The summed E-state index contributed by atoms with van der Waals surface area (Å²) in [6, 6.07) is -0.715. The van der Waals surface area contributed by atoms with Gasteiger partial charge in [-0.25, -0.2) is 0 Å². The van der Waals surface area contributed by atoms with Crippen molar-refractivity contribution in [2.45, 2.75) is 19.9 Å². The van der Waals surface area contributed by atoms with E-state index in [0.717, 1.165) is 0 Å². The van der Waals surface area contributed by atoms with Gasteiger partial charge in [-0.1, -0.05) is 13.8 Å². The molecule has 0 spiro atoms. The molecule has 0 aromatic rings. The maximum absolute atomic E-state index is 10.5. The Balaban J connectivity index is 3.97. The highest BCUT2D eigenvalue weighted by Crippen LogP contribution is 2.01. The van der Waals surface area contributed by atoms with Gasteiger partial charge in [-0.05, 0) is 17.5 Å². The average Bonchev–Trinajstić information content (AvgIpc) is 1.84. The van der Waals surface area contributed by atoms with Crippen LogP contribution in [0.3, 0.4) is 0 Å². The Bertz CT molecular complexity index is 181. The third kappa shape index (κ3) is 4.31. The molecule has 4 nitrogen and oxygen atoms in total. The smallest absolute Gasteiger partial charge is 0.320 e. The van der Waals surface area contributed by atoms with Gasteiger partial charge >= 0.3 is 5.97 Å². The largest absolute Gasteiger partial charge is 0.480 e. The summed E-state index contributed by atoms with van der Waals surface area (Å²) < 4.78 is 0. The number of hydrogen-bond acceptors (Lipinski definition) is 3. The first kappa shape index (κ1) is 11.4. The van der Waals surface area contributed by atoms with Gasteiger partial charge in [-0.15, -0.1) is 0 Å². The third-order valence-electron chi connectivity index (χ3n) is 1.39. The lowest BCUT2D eigenvalue weighted by atomic mass is 10.1. The van der Waals surface area contributed by atoms with Crippen molar-refractivity contribution < 1.29 is 14.7 Å². The minimum Gasteiger partial charge on any atom is -0.480 e. The van der Waals surface area contributed by atoms with E-state index in [2.05, 4.69) is 5.32 Å². The Labute approximate surface area is 75.9 Å². The standard InChI is InChI=1S/C7H12ClNO3/c1-4(2)6(7(11)12)9-3-5(8)10/h4,6,9H,3H2,1-2H3,(H,11,12)/t6-/m0/s1. The molecular weight excluding hydrogens is 182 g/mol. The fourth-order valence-corrected chi connectivity index (χ4v) is 0.876. The minimum atomic E-state index is -0.970. The van der Waals surface area contributed by atoms with Crippen molar-refractivity contribution in [1.82, 2.24) is 5.32 Å². The Morgan fingerprint density at radius 3 is 2.25 bits per heavy atom. The molecule has 0 radical (unpaired) electrons. The maximum atomic E-state index is 10.5. The molecule has 0 saturated heterocycles. The minimum absolute atomic E-state index is 0.0708. The van der Waals surface area contributed by atoms with Gasteiger partial charge in [0.1, 0.15) is 6.04 Å². The third-order valence-corrected chi connectivity index (χ3v) is 1.53. The molecule has 0 aliphatic carbocycles. The molecule has 0 amide bonds. The van der Waals surface area contributed by atoms with Gasteiger partial charge in [0.2, 0.25) is 5.24 Å². The van der Waals surface area contributed by atoms with Crippen molar-refractivity contribution in [2.75, 3.05) is 6.54 Å². The fourth-order valence-electron chi connectivity index (χ4n) is 0.798. The van der Waals surface area contributed by atoms with Crippen LogP contribution in [0.4, 0.5) is 0 Å². The van der Waals surface area contributed by atoms with E-state index in [0.29, 0.717) is 0 Å². The highest BCUT2D eigenvalue weighted by Gasteiger charge is 2.20. The number of carboxylic acid groups (broad SMARTS) is 1.